The third kappa shape index (κ3) is 2.26. The van der Waals surface area contributed by atoms with E-state index in [4.69, 9.17) is 5.11 Å². The molecular weight excluding hydrogens is 218 g/mol. The molecule has 0 radical (unpaired) electrons. The number of halogens is 2. The highest BCUT2D eigenvalue weighted by atomic mass is 19.3. The number of carboxylic acids is 1. The van der Waals surface area contributed by atoms with Crippen LogP contribution >= 0.6 is 0 Å². The number of alkyl halides is 2. The van der Waals surface area contributed by atoms with E-state index >= 15 is 0 Å². The summed E-state index contributed by atoms with van der Waals surface area (Å²) in [6.07, 6.45) is 0.876. The molecule has 2 N–H and O–H groups in total. The second kappa shape index (κ2) is 3.70. The molecular formula is C10H10F2N2O2. The molecule has 1 fully saturated rings. The molecule has 0 spiro atoms. The van der Waals surface area contributed by atoms with E-state index in [1.807, 2.05) is 0 Å². The van der Waals surface area contributed by atoms with Gasteiger partial charge < -0.3 is 10.4 Å². The second-order valence-electron chi connectivity index (χ2n) is 3.84. The summed E-state index contributed by atoms with van der Waals surface area (Å²) in [6, 6.07) is 2.35. The number of hydrogen-bond acceptors (Lipinski definition) is 3. The lowest BCUT2D eigenvalue weighted by atomic mass is 9.88. The van der Waals surface area contributed by atoms with E-state index in [0.29, 0.717) is 5.82 Å². The van der Waals surface area contributed by atoms with Gasteiger partial charge in [-0.05, 0) is 12.1 Å². The molecule has 1 heterocycles. The topological polar surface area (TPSA) is 62.2 Å². The van der Waals surface area contributed by atoms with Gasteiger partial charge in [0.25, 0.3) is 5.92 Å². The standard InChI is InChI=1S/C10H10F2N2O2/c11-10(12)4-7(5-10)14-8-3-6(9(15)16)1-2-13-8/h1-3,7H,4-5H2,(H,13,14)(H,15,16). The molecule has 0 saturated heterocycles. The first kappa shape index (κ1) is 10.8. The number of carbonyl (C=O) groups is 1. The third-order valence-electron chi connectivity index (χ3n) is 2.45. The first-order valence-electron chi connectivity index (χ1n) is 4.80. The minimum absolute atomic E-state index is 0.0867. The van der Waals surface area contributed by atoms with E-state index in [1.165, 1.54) is 18.3 Å². The summed E-state index contributed by atoms with van der Waals surface area (Å²) in [5.74, 6) is -3.34. The first-order valence-corrected chi connectivity index (χ1v) is 4.80. The number of anilines is 1. The molecule has 2 rings (SSSR count). The molecule has 86 valence electrons. The van der Waals surface area contributed by atoms with Crippen molar-refractivity contribution < 1.29 is 18.7 Å². The number of hydrogen-bond donors (Lipinski definition) is 2. The van der Waals surface area contributed by atoms with Crippen LogP contribution in [-0.2, 0) is 0 Å². The molecule has 1 aliphatic carbocycles. The van der Waals surface area contributed by atoms with Gasteiger partial charge >= 0.3 is 5.97 Å². The Morgan fingerprint density at radius 1 is 1.56 bits per heavy atom. The van der Waals surface area contributed by atoms with Gasteiger partial charge in [0.15, 0.2) is 0 Å². The molecule has 0 atom stereocenters. The zero-order chi connectivity index (χ0) is 11.8. The maximum absolute atomic E-state index is 12.5. The van der Waals surface area contributed by atoms with E-state index < -0.39 is 11.9 Å². The summed E-state index contributed by atoms with van der Waals surface area (Å²) in [7, 11) is 0. The minimum atomic E-state index is -2.60. The molecule has 1 saturated carbocycles. The summed E-state index contributed by atoms with van der Waals surface area (Å²) in [6.45, 7) is 0. The zero-order valence-electron chi connectivity index (χ0n) is 8.28. The largest absolute Gasteiger partial charge is 0.478 e. The molecule has 0 amide bonds. The molecule has 0 bridgehead atoms. The molecule has 16 heavy (non-hydrogen) atoms. The average molecular weight is 228 g/mol. The van der Waals surface area contributed by atoms with E-state index in [9.17, 15) is 13.6 Å². The van der Waals surface area contributed by atoms with Crippen molar-refractivity contribution in [2.75, 3.05) is 5.32 Å². The highest BCUT2D eigenvalue weighted by Gasteiger charge is 2.45. The summed E-state index contributed by atoms with van der Waals surface area (Å²) < 4.78 is 25.1. The van der Waals surface area contributed by atoms with Gasteiger partial charge in [0.1, 0.15) is 5.82 Å². The Balaban J connectivity index is 2.00. The fourth-order valence-electron chi connectivity index (χ4n) is 1.61. The van der Waals surface area contributed by atoms with Crippen LogP contribution in [0, 0.1) is 0 Å². The fourth-order valence-corrected chi connectivity index (χ4v) is 1.61. The van der Waals surface area contributed by atoms with E-state index in [-0.39, 0.29) is 24.4 Å². The van der Waals surface area contributed by atoms with Crippen LogP contribution in [-0.4, -0.2) is 28.0 Å². The maximum atomic E-state index is 12.5. The predicted octanol–water partition coefficient (Wildman–Crippen LogP) is 1.99. The summed E-state index contributed by atoms with van der Waals surface area (Å²) in [5.41, 5.74) is 0.0867. The molecule has 0 aliphatic heterocycles. The number of pyridine rings is 1. The van der Waals surface area contributed by atoms with Gasteiger partial charge in [-0.1, -0.05) is 0 Å². The first-order chi connectivity index (χ1) is 7.46. The summed E-state index contributed by atoms with van der Waals surface area (Å²) in [5, 5.41) is 11.5. The van der Waals surface area contributed by atoms with Crippen molar-refractivity contribution in [2.45, 2.75) is 24.8 Å². The van der Waals surface area contributed by atoms with Crippen LogP contribution in [0.1, 0.15) is 23.2 Å². The monoisotopic (exact) mass is 228 g/mol. The number of aromatic carboxylic acids is 1. The minimum Gasteiger partial charge on any atom is -0.478 e. The number of nitrogens with zero attached hydrogens (tertiary/aromatic N) is 1. The lowest BCUT2D eigenvalue weighted by Gasteiger charge is -2.35. The van der Waals surface area contributed by atoms with Crippen LogP contribution in [0.15, 0.2) is 18.3 Å². The van der Waals surface area contributed by atoms with Crippen LogP contribution < -0.4 is 5.32 Å². The van der Waals surface area contributed by atoms with Crippen molar-refractivity contribution in [2.24, 2.45) is 0 Å². The van der Waals surface area contributed by atoms with Gasteiger partial charge in [0.2, 0.25) is 0 Å². The van der Waals surface area contributed by atoms with Crippen molar-refractivity contribution in [1.29, 1.82) is 0 Å². The second-order valence-corrected chi connectivity index (χ2v) is 3.84. The van der Waals surface area contributed by atoms with Crippen molar-refractivity contribution >= 4 is 11.8 Å². The van der Waals surface area contributed by atoms with E-state index in [1.54, 1.807) is 0 Å². The van der Waals surface area contributed by atoms with E-state index in [0.717, 1.165) is 0 Å². The smallest absolute Gasteiger partial charge is 0.335 e. The highest BCUT2D eigenvalue weighted by Crippen LogP contribution is 2.38. The van der Waals surface area contributed by atoms with Crippen LogP contribution in [0.3, 0.4) is 0 Å². The number of carboxylic acid groups (broad SMARTS) is 1. The normalized spacial score (nSPS) is 18.9. The molecule has 1 aromatic heterocycles. The Hall–Kier alpha value is -1.72. The molecule has 6 heteroatoms. The lowest BCUT2D eigenvalue weighted by molar-refractivity contribution is -0.0794. The van der Waals surface area contributed by atoms with Gasteiger partial charge in [-0.15, -0.1) is 0 Å². The predicted molar refractivity (Wildman–Crippen MR) is 52.8 cm³/mol. The van der Waals surface area contributed by atoms with E-state index in [2.05, 4.69) is 10.3 Å². The van der Waals surface area contributed by atoms with Gasteiger partial charge in [0, 0.05) is 25.1 Å². The Morgan fingerprint density at radius 2 is 2.25 bits per heavy atom. The summed E-state index contributed by atoms with van der Waals surface area (Å²) >= 11 is 0. The number of aromatic nitrogens is 1. The van der Waals surface area contributed by atoms with Gasteiger partial charge in [-0.25, -0.2) is 18.6 Å². The summed E-state index contributed by atoms with van der Waals surface area (Å²) in [4.78, 5) is 14.5. The van der Waals surface area contributed by atoms with Crippen molar-refractivity contribution in [3.8, 4) is 0 Å². The van der Waals surface area contributed by atoms with Crippen LogP contribution in [0.5, 0.6) is 0 Å². The lowest BCUT2D eigenvalue weighted by Crippen LogP contribution is -2.44. The number of rotatable bonds is 3. The Kier molecular flexibility index (Phi) is 2.49. The van der Waals surface area contributed by atoms with Gasteiger partial charge in [-0.3, -0.25) is 0 Å². The molecule has 1 aliphatic rings. The quantitative estimate of drug-likeness (QED) is 0.830. The van der Waals surface area contributed by atoms with Crippen molar-refractivity contribution in [3.05, 3.63) is 23.9 Å². The molecule has 0 aromatic carbocycles. The van der Waals surface area contributed by atoms with Gasteiger partial charge in [-0.2, -0.15) is 0 Å². The zero-order valence-corrected chi connectivity index (χ0v) is 8.28. The van der Waals surface area contributed by atoms with Crippen LogP contribution in [0.25, 0.3) is 0 Å². The number of nitrogens with one attached hydrogen (secondary N) is 1. The van der Waals surface area contributed by atoms with Crippen LogP contribution in [0.4, 0.5) is 14.6 Å². The van der Waals surface area contributed by atoms with Crippen molar-refractivity contribution in [3.63, 3.8) is 0 Å². The Labute approximate surface area is 90.3 Å². The fraction of sp³-hybridized carbons (Fsp3) is 0.400. The third-order valence-corrected chi connectivity index (χ3v) is 2.45. The molecule has 0 unspecified atom stereocenters. The molecule has 1 aromatic rings. The SMILES string of the molecule is O=C(O)c1ccnc(NC2CC(F)(F)C2)c1. The van der Waals surface area contributed by atoms with Gasteiger partial charge in [0.05, 0.1) is 5.56 Å². The Morgan fingerprint density at radius 3 is 2.81 bits per heavy atom. The maximum Gasteiger partial charge on any atom is 0.335 e. The van der Waals surface area contributed by atoms with Crippen molar-refractivity contribution in [1.82, 2.24) is 4.98 Å². The van der Waals surface area contributed by atoms with Crippen LogP contribution in [0.2, 0.25) is 0 Å². The molecule has 4 nitrogen and oxygen atoms in total. The average Bonchev–Trinajstić information content (AvgIpc) is 2.15. The Bertz CT molecular complexity index is 415. The highest BCUT2D eigenvalue weighted by molar-refractivity contribution is 5.88.